The van der Waals surface area contributed by atoms with Gasteiger partial charge in [-0.1, -0.05) is 30.3 Å². The first-order valence-electron chi connectivity index (χ1n) is 6.12. The lowest BCUT2D eigenvalue weighted by Gasteiger charge is -2.21. The van der Waals surface area contributed by atoms with E-state index < -0.39 is 0 Å². The van der Waals surface area contributed by atoms with Gasteiger partial charge in [0.1, 0.15) is 0 Å². The highest BCUT2D eigenvalue weighted by Crippen LogP contribution is 2.00. The molecule has 0 aliphatic carbocycles. The molecule has 0 fully saturated rings. The van der Waals surface area contributed by atoms with Crippen LogP contribution in [0, 0.1) is 0 Å². The van der Waals surface area contributed by atoms with E-state index in [9.17, 15) is 4.79 Å². The minimum absolute atomic E-state index is 0.0570. The number of nitrogens with one attached hydrogen (secondary N) is 1. The summed E-state index contributed by atoms with van der Waals surface area (Å²) in [5.74, 6) is -0.0570. The molecule has 98 valence electrons. The Hall–Kier alpha value is -1.68. The molecule has 1 N–H and O–H groups in total. The highest BCUT2D eigenvalue weighted by atomic mass is 16.2. The van der Waals surface area contributed by atoms with Crippen molar-refractivity contribution in [3.63, 3.8) is 0 Å². The second-order valence-corrected chi connectivity index (χ2v) is 5.32. The third-order valence-electron chi connectivity index (χ3n) is 2.30. The van der Waals surface area contributed by atoms with Gasteiger partial charge >= 0.3 is 0 Å². The Morgan fingerprint density at radius 3 is 2.56 bits per heavy atom. The molecule has 4 nitrogen and oxygen atoms in total. The van der Waals surface area contributed by atoms with E-state index in [-0.39, 0.29) is 5.91 Å². The first-order valence-corrected chi connectivity index (χ1v) is 6.12. The molecular weight excluding hydrogens is 226 g/mol. The summed E-state index contributed by atoms with van der Waals surface area (Å²) in [6.07, 6.45) is 3.52. The van der Waals surface area contributed by atoms with Gasteiger partial charge in [-0.3, -0.25) is 4.79 Å². The maximum absolute atomic E-state index is 11.5. The van der Waals surface area contributed by atoms with Crippen LogP contribution in [0.15, 0.2) is 35.4 Å². The number of carbonyl (C=O) groups excluding carboxylic acids is 1. The fourth-order valence-corrected chi connectivity index (χ4v) is 1.52. The largest absolute Gasteiger partial charge is 0.323 e. The SMILES string of the molecule is C[N+](C)(C)CC(=O)N/N=C\CCc1ccccc1. The second-order valence-electron chi connectivity index (χ2n) is 5.32. The molecule has 1 aromatic rings. The van der Waals surface area contributed by atoms with Gasteiger partial charge in [-0.25, -0.2) is 5.43 Å². The van der Waals surface area contributed by atoms with E-state index in [2.05, 4.69) is 22.7 Å². The van der Waals surface area contributed by atoms with E-state index in [1.165, 1.54) is 5.56 Å². The molecule has 0 heterocycles. The summed E-state index contributed by atoms with van der Waals surface area (Å²) in [4.78, 5) is 11.5. The number of hydrogen-bond donors (Lipinski definition) is 1. The number of benzene rings is 1. The number of aryl methyl sites for hydroxylation is 1. The van der Waals surface area contributed by atoms with Crippen LogP contribution in [0.4, 0.5) is 0 Å². The van der Waals surface area contributed by atoms with Crippen LogP contribution in [0.3, 0.4) is 0 Å². The van der Waals surface area contributed by atoms with Gasteiger partial charge < -0.3 is 4.48 Å². The third kappa shape index (κ3) is 6.81. The van der Waals surface area contributed by atoms with E-state index in [0.717, 1.165) is 12.8 Å². The topological polar surface area (TPSA) is 41.5 Å². The lowest BCUT2D eigenvalue weighted by molar-refractivity contribution is -0.862. The summed E-state index contributed by atoms with van der Waals surface area (Å²) in [6.45, 7) is 0.427. The minimum atomic E-state index is -0.0570. The van der Waals surface area contributed by atoms with Crippen LogP contribution in [0.1, 0.15) is 12.0 Å². The zero-order valence-electron chi connectivity index (χ0n) is 11.4. The van der Waals surface area contributed by atoms with Gasteiger partial charge in [0.15, 0.2) is 6.54 Å². The van der Waals surface area contributed by atoms with Crippen molar-refractivity contribution in [1.82, 2.24) is 5.43 Å². The number of amides is 1. The summed E-state index contributed by atoms with van der Waals surface area (Å²) in [5, 5.41) is 3.94. The predicted octanol–water partition coefficient (Wildman–Crippen LogP) is 1.43. The molecule has 0 saturated carbocycles. The highest BCUT2D eigenvalue weighted by Gasteiger charge is 2.12. The first-order chi connectivity index (χ1) is 8.47. The predicted molar refractivity (Wildman–Crippen MR) is 74.3 cm³/mol. The molecular formula is C14H22N3O+. The maximum Gasteiger partial charge on any atom is 0.295 e. The van der Waals surface area contributed by atoms with Gasteiger partial charge in [0.05, 0.1) is 21.1 Å². The van der Waals surface area contributed by atoms with Crippen LogP contribution in [-0.2, 0) is 11.2 Å². The number of hydrazone groups is 1. The first kappa shape index (κ1) is 14.4. The molecule has 0 atom stereocenters. The molecule has 0 aliphatic heterocycles. The zero-order chi connectivity index (χ0) is 13.4. The van der Waals surface area contributed by atoms with Crippen LogP contribution < -0.4 is 5.43 Å². The molecule has 0 aliphatic rings. The van der Waals surface area contributed by atoms with Crippen molar-refractivity contribution in [2.24, 2.45) is 5.10 Å². The molecule has 0 unspecified atom stereocenters. The average Bonchev–Trinajstić information content (AvgIpc) is 2.27. The van der Waals surface area contributed by atoms with Crippen LogP contribution in [0.2, 0.25) is 0 Å². The van der Waals surface area contributed by atoms with Gasteiger partial charge in [0, 0.05) is 6.21 Å². The molecule has 4 heteroatoms. The Morgan fingerprint density at radius 1 is 1.28 bits per heavy atom. The Morgan fingerprint density at radius 2 is 1.94 bits per heavy atom. The van der Waals surface area contributed by atoms with E-state index in [4.69, 9.17) is 0 Å². The van der Waals surface area contributed by atoms with Gasteiger partial charge in [-0.05, 0) is 18.4 Å². The number of carbonyl (C=O) groups is 1. The van der Waals surface area contributed by atoms with Crippen molar-refractivity contribution < 1.29 is 9.28 Å². The monoisotopic (exact) mass is 248 g/mol. The number of nitrogens with zero attached hydrogens (tertiary/aromatic N) is 2. The third-order valence-corrected chi connectivity index (χ3v) is 2.30. The number of likely N-dealkylation sites (N-methyl/N-ethyl adjacent to an activating group) is 1. The standard InChI is InChI=1S/C14H21N3O/c1-17(2,3)12-14(18)16-15-11-7-10-13-8-5-4-6-9-13/h4-6,8-9,11H,7,10,12H2,1-3H3/p+1/b15-11-. The molecule has 0 spiro atoms. The fraction of sp³-hybridized carbons (Fsp3) is 0.429. The molecule has 1 aromatic carbocycles. The summed E-state index contributed by atoms with van der Waals surface area (Å²) >= 11 is 0. The Bertz CT molecular complexity index is 393. The zero-order valence-corrected chi connectivity index (χ0v) is 11.4. The lowest BCUT2D eigenvalue weighted by atomic mass is 10.1. The number of hydrogen-bond acceptors (Lipinski definition) is 2. The average molecular weight is 248 g/mol. The molecule has 0 saturated heterocycles. The van der Waals surface area contributed by atoms with Crippen LogP contribution in [-0.4, -0.2) is 44.3 Å². The lowest BCUT2D eigenvalue weighted by Crippen LogP contribution is -2.43. The summed E-state index contributed by atoms with van der Waals surface area (Å²) in [5.41, 5.74) is 3.82. The van der Waals surface area contributed by atoms with Crippen molar-refractivity contribution in [3.8, 4) is 0 Å². The normalized spacial score (nSPS) is 11.7. The van der Waals surface area contributed by atoms with Crippen molar-refractivity contribution in [1.29, 1.82) is 0 Å². The van der Waals surface area contributed by atoms with Crippen molar-refractivity contribution in [2.75, 3.05) is 27.7 Å². The quantitative estimate of drug-likeness (QED) is 0.462. The molecule has 1 rings (SSSR count). The van der Waals surface area contributed by atoms with Gasteiger partial charge in [-0.2, -0.15) is 5.10 Å². The van der Waals surface area contributed by atoms with Crippen molar-refractivity contribution in [2.45, 2.75) is 12.8 Å². The maximum atomic E-state index is 11.5. The number of rotatable bonds is 6. The van der Waals surface area contributed by atoms with E-state index in [1.54, 1.807) is 6.21 Å². The van der Waals surface area contributed by atoms with Gasteiger partial charge in [0.2, 0.25) is 0 Å². The molecule has 0 aromatic heterocycles. The van der Waals surface area contributed by atoms with Gasteiger partial charge in [-0.15, -0.1) is 0 Å². The molecule has 1 amide bonds. The Kier molecular flexibility index (Phi) is 5.52. The van der Waals surface area contributed by atoms with Crippen LogP contribution in [0.5, 0.6) is 0 Å². The number of quaternary nitrogens is 1. The van der Waals surface area contributed by atoms with E-state index in [0.29, 0.717) is 11.0 Å². The minimum Gasteiger partial charge on any atom is -0.323 e. The smallest absolute Gasteiger partial charge is 0.295 e. The van der Waals surface area contributed by atoms with Crippen molar-refractivity contribution >= 4 is 12.1 Å². The summed E-state index contributed by atoms with van der Waals surface area (Å²) in [7, 11) is 5.91. The Balaban J connectivity index is 2.20. The van der Waals surface area contributed by atoms with E-state index >= 15 is 0 Å². The summed E-state index contributed by atoms with van der Waals surface area (Å²) < 4.78 is 0.603. The van der Waals surface area contributed by atoms with Crippen molar-refractivity contribution in [3.05, 3.63) is 35.9 Å². The van der Waals surface area contributed by atoms with Gasteiger partial charge in [0.25, 0.3) is 5.91 Å². The molecule has 18 heavy (non-hydrogen) atoms. The second kappa shape index (κ2) is 6.91. The highest BCUT2D eigenvalue weighted by molar-refractivity contribution is 5.77. The van der Waals surface area contributed by atoms with E-state index in [1.807, 2.05) is 39.3 Å². The Labute approximate surface area is 109 Å². The van der Waals surface area contributed by atoms with Crippen LogP contribution in [0.25, 0.3) is 0 Å². The molecule has 0 bridgehead atoms. The molecule has 0 radical (unpaired) electrons. The van der Waals surface area contributed by atoms with Crippen LogP contribution >= 0.6 is 0 Å². The summed E-state index contributed by atoms with van der Waals surface area (Å²) in [6, 6.07) is 10.2. The fourth-order valence-electron chi connectivity index (χ4n) is 1.52.